The molecule has 2 N–H and O–H groups in total. The van der Waals surface area contributed by atoms with Gasteiger partial charge in [0.15, 0.2) is 6.61 Å². The van der Waals surface area contributed by atoms with Crippen molar-refractivity contribution in [2.24, 2.45) is 0 Å². The van der Waals surface area contributed by atoms with Crippen LogP contribution in [0.1, 0.15) is 40.4 Å². The molecule has 2 aromatic carbocycles. The Hall–Kier alpha value is -3.08. The highest BCUT2D eigenvalue weighted by molar-refractivity contribution is 6.04. The molecule has 1 amide bonds. The molecule has 1 heterocycles. The number of aromatic amines is 1. The molecular formula is C21H20N2O3. The molecule has 0 unspecified atom stereocenters. The Bertz CT molecular complexity index is 961. The van der Waals surface area contributed by atoms with E-state index in [-0.39, 0.29) is 18.6 Å². The molecule has 0 spiro atoms. The predicted molar refractivity (Wildman–Crippen MR) is 98.8 cm³/mol. The molecule has 1 atom stereocenters. The minimum atomic E-state index is -0.498. The van der Waals surface area contributed by atoms with Gasteiger partial charge in [-0.15, -0.1) is 0 Å². The van der Waals surface area contributed by atoms with E-state index in [1.807, 2.05) is 36.4 Å². The Kier molecular flexibility index (Phi) is 4.44. The first kappa shape index (κ1) is 16.4. The van der Waals surface area contributed by atoms with Crippen LogP contribution in [0.25, 0.3) is 10.9 Å². The van der Waals surface area contributed by atoms with Crippen molar-refractivity contribution in [2.75, 3.05) is 6.61 Å². The van der Waals surface area contributed by atoms with Gasteiger partial charge < -0.3 is 15.0 Å². The van der Waals surface area contributed by atoms with Crippen LogP contribution in [0.3, 0.4) is 0 Å². The quantitative estimate of drug-likeness (QED) is 0.709. The Morgan fingerprint density at radius 2 is 1.92 bits per heavy atom. The molecular weight excluding hydrogens is 328 g/mol. The second-order valence-corrected chi connectivity index (χ2v) is 6.54. The van der Waals surface area contributed by atoms with Crippen molar-refractivity contribution in [3.05, 3.63) is 71.4 Å². The number of carbonyl (C=O) groups excluding carboxylic acids is 2. The topological polar surface area (TPSA) is 71.2 Å². The standard InChI is InChI=1S/C21H20N2O3/c24-20(23-19-11-5-7-14-6-1-2-8-15(14)19)13-26-21(25)17-12-22-18-10-4-3-9-16(17)18/h1-4,6,8-10,12,19,22H,5,7,11,13H2,(H,23,24)/t19-/m0/s1. The van der Waals surface area contributed by atoms with E-state index in [1.165, 1.54) is 5.56 Å². The van der Waals surface area contributed by atoms with E-state index in [1.54, 1.807) is 6.20 Å². The van der Waals surface area contributed by atoms with Crippen molar-refractivity contribution >= 4 is 22.8 Å². The van der Waals surface area contributed by atoms with Crippen molar-refractivity contribution in [2.45, 2.75) is 25.3 Å². The summed E-state index contributed by atoms with van der Waals surface area (Å²) in [7, 11) is 0. The summed E-state index contributed by atoms with van der Waals surface area (Å²) >= 11 is 0. The monoisotopic (exact) mass is 348 g/mol. The Labute approximate surface area is 151 Å². The molecule has 132 valence electrons. The SMILES string of the molecule is O=C(COC(=O)c1c[nH]c2ccccc12)N[C@H]1CCCc2ccccc21. The fraction of sp³-hybridized carbons (Fsp3) is 0.238. The maximum absolute atomic E-state index is 12.3. The zero-order valence-corrected chi connectivity index (χ0v) is 14.3. The summed E-state index contributed by atoms with van der Waals surface area (Å²) in [5.74, 6) is -0.776. The van der Waals surface area contributed by atoms with E-state index >= 15 is 0 Å². The minimum absolute atomic E-state index is 0.0146. The summed E-state index contributed by atoms with van der Waals surface area (Å²) in [5, 5.41) is 3.78. The Morgan fingerprint density at radius 1 is 1.12 bits per heavy atom. The number of hydrogen-bond donors (Lipinski definition) is 2. The Morgan fingerprint density at radius 3 is 2.85 bits per heavy atom. The van der Waals surface area contributed by atoms with Gasteiger partial charge in [0.2, 0.25) is 0 Å². The maximum atomic E-state index is 12.3. The molecule has 0 bridgehead atoms. The first-order valence-corrected chi connectivity index (χ1v) is 8.83. The highest BCUT2D eigenvalue weighted by Crippen LogP contribution is 2.29. The van der Waals surface area contributed by atoms with E-state index in [9.17, 15) is 9.59 Å². The lowest BCUT2D eigenvalue weighted by Crippen LogP contribution is -2.34. The lowest BCUT2D eigenvalue weighted by Gasteiger charge is -2.26. The first-order valence-electron chi connectivity index (χ1n) is 8.83. The number of esters is 1. The lowest BCUT2D eigenvalue weighted by atomic mass is 9.88. The highest BCUT2D eigenvalue weighted by Gasteiger charge is 2.22. The number of nitrogens with one attached hydrogen (secondary N) is 2. The average molecular weight is 348 g/mol. The summed E-state index contributed by atoms with van der Waals surface area (Å²) in [4.78, 5) is 27.6. The predicted octanol–water partition coefficient (Wildman–Crippen LogP) is 3.52. The van der Waals surface area contributed by atoms with E-state index in [2.05, 4.69) is 22.4 Å². The zero-order chi connectivity index (χ0) is 17.9. The lowest BCUT2D eigenvalue weighted by molar-refractivity contribution is -0.125. The third-order valence-electron chi connectivity index (χ3n) is 4.85. The molecule has 1 aliphatic carbocycles. The summed E-state index contributed by atoms with van der Waals surface area (Å²) in [6, 6.07) is 15.6. The van der Waals surface area contributed by atoms with Gasteiger partial charge in [0.25, 0.3) is 5.91 Å². The number of amides is 1. The smallest absolute Gasteiger partial charge is 0.340 e. The van der Waals surface area contributed by atoms with E-state index in [4.69, 9.17) is 4.74 Å². The van der Waals surface area contributed by atoms with Crippen LogP contribution in [0.2, 0.25) is 0 Å². The van der Waals surface area contributed by atoms with Crippen molar-refractivity contribution in [1.29, 1.82) is 0 Å². The van der Waals surface area contributed by atoms with Gasteiger partial charge in [0.05, 0.1) is 11.6 Å². The van der Waals surface area contributed by atoms with Crippen LogP contribution < -0.4 is 5.32 Å². The third-order valence-corrected chi connectivity index (χ3v) is 4.85. The number of aromatic nitrogens is 1. The van der Waals surface area contributed by atoms with Crippen LogP contribution in [0, 0.1) is 0 Å². The molecule has 0 fully saturated rings. The van der Waals surface area contributed by atoms with Gasteiger partial charge in [0, 0.05) is 17.1 Å². The van der Waals surface area contributed by atoms with Gasteiger partial charge >= 0.3 is 5.97 Å². The van der Waals surface area contributed by atoms with Gasteiger partial charge in [-0.2, -0.15) is 0 Å². The van der Waals surface area contributed by atoms with Crippen LogP contribution in [0.4, 0.5) is 0 Å². The molecule has 1 aliphatic rings. The van der Waals surface area contributed by atoms with Gasteiger partial charge in [-0.25, -0.2) is 4.79 Å². The van der Waals surface area contributed by atoms with Crippen LogP contribution in [-0.2, 0) is 16.0 Å². The highest BCUT2D eigenvalue weighted by atomic mass is 16.5. The van der Waals surface area contributed by atoms with E-state index in [0.717, 1.165) is 35.7 Å². The molecule has 5 nitrogen and oxygen atoms in total. The van der Waals surface area contributed by atoms with E-state index < -0.39 is 5.97 Å². The zero-order valence-electron chi connectivity index (χ0n) is 14.3. The van der Waals surface area contributed by atoms with E-state index in [0.29, 0.717) is 5.56 Å². The second-order valence-electron chi connectivity index (χ2n) is 6.54. The number of fused-ring (bicyclic) bond motifs is 2. The molecule has 1 aromatic heterocycles. The molecule has 26 heavy (non-hydrogen) atoms. The van der Waals surface area contributed by atoms with Gasteiger partial charge in [-0.3, -0.25) is 4.79 Å². The second kappa shape index (κ2) is 7.04. The number of carbonyl (C=O) groups is 2. The molecule has 4 rings (SSSR count). The van der Waals surface area contributed by atoms with Crippen LogP contribution in [0.5, 0.6) is 0 Å². The third kappa shape index (κ3) is 3.20. The molecule has 0 saturated carbocycles. The van der Waals surface area contributed by atoms with Crippen LogP contribution in [0.15, 0.2) is 54.7 Å². The summed E-state index contributed by atoms with van der Waals surface area (Å²) < 4.78 is 5.21. The largest absolute Gasteiger partial charge is 0.452 e. The average Bonchev–Trinajstić information content (AvgIpc) is 3.11. The molecule has 3 aromatic rings. The first-order chi connectivity index (χ1) is 12.7. The van der Waals surface area contributed by atoms with Gasteiger partial charge in [-0.1, -0.05) is 42.5 Å². The molecule has 0 saturated heterocycles. The van der Waals surface area contributed by atoms with Crippen molar-refractivity contribution in [1.82, 2.24) is 10.3 Å². The number of para-hydroxylation sites is 1. The number of hydrogen-bond acceptors (Lipinski definition) is 3. The number of H-pyrrole nitrogens is 1. The maximum Gasteiger partial charge on any atom is 0.340 e. The fourth-order valence-corrected chi connectivity index (χ4v) is 3.59. The summed E-state index contributed by atoms with van der Waals surface area (Å²) in [6.45, 7) is -0.281. The molecule has 0 radical (unpaired) electrons. The normalized spacial score (nSPS) is 16.1. The van der Waals surface area contributed by atoms with Crippen LogP contribution in [-0.4, -0.2) is 23.5 Å². The van der Waals surface area contributed by atoms with Crippen molar-refractivity contribution in [3.63, 3.8) is 0 Å². The number of aryl methyl sites for hydroxylation is 1. The van der Waals surface area contributed by atoms with Crippen LogP contribution >= 0.6 is 0 Å². The Balaban J connectivity index is 1.38. The number of rotatable bonds is 4. The van der Waals surface area contributed by atoms with Gasteiger partial charge in [-0.05, 0) is 36.5 Å². The molecule has 0 aliphatic heterocycles. The fourth-order valence-electron chi connectivity index (χ4n) is 3.59. The minimum Gasteiger partial charge on any atom is -0.452 e. The molecule has 5 heteroatoms. The number of ether oxygens (including phenoxy) is 1. The van der Waals surface area contributed by atoms with Gasteiger partial charge in [0.1, 0.15) is 0 Å². The van der Waals surface area contributed by atoms with Crippen molar-refractivity contribution in [3.8, 4) is 0 Å². The van der Waals surface area contributed by atoms with Crippen molar-refractivity contribution < 1.29 is 14.3 Å². The summed E-state index contributed by atoms with van der Waals surface area (Å²) in [6.07, 6.45) is 4.59. The summed E-state index contributed by atoms with van der Waals surface area (Å²) in [5.41, 5.74) is 3.74. The number of benzene rings is 2.